The standard InChI is InChI=1S/C16H15Cl3O2.C14H10Cl4/c1-20-13-7-3-11(4-8-13)15(16(17,18)19)12-5-9-14(21-2)10-6-12;15-13(16,11-7-3-1-4-8-11)14(17,18)12-9-5-2-6-10-12/h3-10,15H,1-2H3;1-10H. The van der Waals surface area contributed by atoms with Crippen LogP contribution in [0.2, 0.25) is 0 Å². The van der Waals surface area contributed by atoms with E-state index in [2.05, 4.69) is 0 Å². The van der Waals surface area contributed by atoms with Crippen LogP contribution in [0.4, 0.5) is 0 Å². The van der Waals surface area contributed by atoms with E-state index in [0.717, 1.165) is 22.6 Å². The zero-order chi connectivity index (χ0) is 28.7. The van der Waals surface area contributed by atoms with Crippen molar-refractivity contribution in [1.82, 2.24) is 0 Å². The second kappa shape index (κ2) is 13.9. The average Bonchev–Trinajstić information content (AvgIpc) is 2.94. The Labute approximate surface area is 264 Å². The Morgan fingerprint density at radius 2 is 0.769 bits per heavy atom. The molecule has 0 aliphatic carbocycles. The Hall–Kier alpha value is -1.49. The summed E-state index contributed by atoms with van der Waals surface area (Å²) < 4.78 is 5.99. The first-order valence-electron chi connectivity index (χ1n) is 11.6. The van der Waals surface area contributed by atoms with E-state index in [1.165, 1.54) is 0 Å². The fourth-order valence-corrected chi connectivity index (χ4v) is 5.52. The zero-order valence-corrected chi connectivity index (χ0v) is 26.2. The Morgan fingerprint density at radius 1 is 0.462 bits per heavy atom. The number of hydrogen-bond acceptors (Lipinski definition) is 2. The molecule has 0 bridgehead atoms. The molecular formula is C30H25Cl7O2. The Balaban J connectivity index is 0.000000218. The molecule has 4 rings (SSSR count). The molecular weight excluding hydrogens is 640 g/mol. The Bertz CT molecular complexity index is 1190. The molecule has 206 valence electrons. The Morgan fingerprint density at radius 3 is 1.03 bits per heavy atom. The van der Waals surface area contributed by atoms with Crippen LogP contribution in [0.3, 0.4) is 0 Å². The van der Waals surface area contributed by atoms with Crippen LogP contribution in [0.15, 0.2) is 109 Å². The minimum absolute atomic E-state index is 0.376. The van der Waals surface area contributed by atoms with Crippen LogP contribution in [0, 0.1) is 0 Å². The van der Waals surface area contributed by atoms with E-state index in [1.54, 1.807) is 38.5 Å². The van der Waals surface area contributed by atoms with Crippen molar-refractivity contribution >= 4 is 81.2 Å². The molecule has 9 heteroatoms. The van der Waals surface area contributed by atoms with Gasteiger partial charge in [0.05, 0.1) is 20.1 Å². The second-order valence-electron chi connectivity index (χ2n) is 8.40. The quantitative estimate of drug-likeness (QED) is 0.183. The van der Waals surface area contributed by atoms with Crippen LogP contribution >= 0.6 is 81.2 Å². The van der Waals surface area contributed by atoms with Crippen molar-refractivity contribution in [2.24, 2.45) is 0 Å². The van der Waals surface area contributed by atoms with Gasteiger partial charge >= 0.3 is 0 Å². The first-order valence-corrected chi connectivity index (χ1v) is 14.3. The smallest absolute Gasteiger partial charge is 0.201 e. The van der Waals surface area contributed by atoms with Crippen molar-refractivity contribution in [1.29, 1.82) is 0 Å². The summed E-state index contributed by atoms with van der Waals surface area (Å²) >= 11 is 44.1. The van der Waals surface area contributed by atoms with Crippen molar-refractivity contribution in [2.75, 3.05) is 14.2 Å². The molecule has 0 heterocycles. The van der Waals surface area contributed by atoms with Gasteiger partial charge in [0.25, 0.3) is 0 Å². The summed E-state index contributed by atoms with van der Waals surface area (Å²) in [4.78, 5) is 0. The molecule has 0 atom stereocenters. The molecule has 0 aromatic heterocycles. The largest absolute Gasteiger partial charge is 0.497 e. The highest BCUT2D eigenvalue weighted by molar-refractivity contribution is 6.68. The third-order valence-electron chi connectivity index (χ3n) is 5.89. The van der Waals surface area contributed by atoms with Gasteiger partial charge in [-0.2, -0.15) is 0 Å². The second-order valence-corrected chi connectivity index (χ2v) is 13.4. The number of methoxy groups -OCH3 is 2. The van der Waals surface area contributed by atoms with Crippen LogP contribution in [0.5, 0.6) is 11.5 Å². The normalized spacial score (nSPS) is 11.9. The van der Waals surface area contributed by atoms with Gasteiger partial charge in [-0.3, -0.25) is 0 Å². The molecule has 0 unspecified atom stereocenters. The molecule has 2 nitrogen and oxygen atoms in total. The van der Waals surface area contributed by atoms with Gasteiger partial charge in [0.1, 0.15) is 11.5 Å². The van der Waals surface area contributed by atoms with Gasteiger partial charge in [-0.15, -0.1) is 0 Å². The third-order valence-corrected chi connectivity index (χ3v) is 8.94. The first kappa shape index (κ1) is 32.0. The van der Waals surface area contributed by atoms with Gasteiger partial charge in [0, 0.05) is 0 Å². The molecule has 4 aromatic carbocycles. The summed E-state index contributed by atoms with van der Waals surface area (Å²) in [6.45, 7) is 0. The fraction of sp³-hybridized carbons (Fsp3) is 0.200. The van der Waals surface area contributed by atoms with Crippen molar-refractivity contribution in [2.45, 2.75) is 18.4 Å². The van der Waals surface area contributed by atoms with Crippen LogP contribution in [0.1, 0.15) is 28.2 Å². The molecule has 0 aliphatic rings. The van der Waals surface area contributed by atoms with Crippen molar-refractivity contribution in [3.05, 3.63) is 131 Å². The third kappa shape index (κ3) is 8.05. The summed E-state index contributed by atoms with van der Waals surface area (Å²) in [5.74, 6) is 1.15. The van der Waals surface area contributed by atoms with Crippen molar-refractivity contribution in [3.63, 3.8) is 0 Å². The van der Waals surface area contributed by atoms with Crippen LogP contribution in [0.25, 0.3) is 0 Å². The number of alkyl halides is 7. The molecule has 0 saturated heterocycles. The van der Waals surface area contributed by atoms with Gasteiger partial charge in [0.15, 0.2) is 8.67 Å². The molecule has 0 spiro atoms. The maximum Gasteiger partial charge on any atom is 0.201 e. The minimum Gasteiger partial charge on any atom is -0.497 e. The average molecular weight is 666 g/mol. The van der Waals surface area contributed by atoms with E-state index in [0.29, 0.717) is 11.1 Å². The number of hydrogen-bond donors (Lipinski definition) is 0. The van der Waals surface area contributed by atoms with Gasteiger partial charge in [-0.1, -0.05) is 166 Å². The fourth-order valence-electron chi connectivity index (χ4n) is 3.82. The first-order chi connectivity index (χ1) is 18.4. The maximum absolute atomic E-state index is 6.39. The zero-order valence-electron chi connectivity index (χ0n) is 20.9. The highest BCUT2D eigenvalue weighted by Crippen LogP contribution is 2.56. The summed E-state index contributed by atoms with van der Waals surface area (Å²) in [5.41, 5.74) is 3.12. The van der Waals surface area contributed by atoms with Gasteiger partial charge in [0.2, 0.25) is 3.79 Å². The van der Waals surface area contributed by atoms with E-state index in [4.69, 9.17) is 90.7 Å². The summed E-state index contributed by atoms with van der Waals surface area (Å²) in [6.07, 6.45) is 0. The minimum atomic E-state index is -1.46. The SMILES string of the molecule is COc1ccc(C(c2ccc(OC)cc2)C(Cl)(Cl)Cl)cc1.ClC(Cl)(c1ccccc1)C(Cl)(Cl)c1ccccc1. The van der Waals surface area contributed by atoms with Crippen LogP contribution < -0.4 is 9.47 Å². The maximum atomic E-state index is 6.39. The van der Waals surface area contributed by atoms with Crippen LogP contribution in [-0.4, -0.2) is 18.0 Å². The highest BCUT2D eigenvalue weighted by Gasteiger charge is 2.49. The summed E-state index contributed by atoms with van der Waals surface area (Å²) in [5, 5.41) is 0. The molecule has 0 radical (unpaired) electrons. The molecule has 0 saturated carbocycles. The molecule has 0 N–H and O–H groups in total. The molecule has 0 aliphatic heterocycles. The predicted molar refractivity (Wildman–Crippen MR) is 168 cm³/mol. The van der Waals surface area contributed by atoms with Crippen molar-refractivity contribution < 1.29 is 9.47 Å². The number of halogens is 7. The van der Waals surface area contributed by atoms with E-state index in [1.807, 2.05) is 84.9 Å². The number of benzene rings is 4. The number of ether oxygens (including phenoxy) is 2. The van der Waals surface area contributed by atoms with Gasteiger partial charge in [-0.25, -0.2) is 0 Å². The van der Waals surface area contributed by atoms with E-state index in [9.17, 15) is 0 Å². The van der Waals surface area contributed by atoms with Gasteiger partial charge < -0.3 is 9.47 Å². The summed E-state index contributed by atoms with van der Waals surface area (Å²) in [6, 6.07) is 33.3. The molecule has 39 heavy (non-hydrogen) atoms. The lowest BCUT2D eigenvalue weighted by Gasteiger charge is -2.33. The lowest BCUT2D eigenvalue weighted by Crippen LogP contribution is -2.31. The van der Waals surface area contributed by atoms with Gasteiger partial charge in [-0.05, 0) is 46.5 Å². The van der Waals surface area contributed by atoms with Crippen LogP contribution in [-0.2, 0) is 8.67 Å². The molecule has 0 amide bonds. The molecule has 0 fully saturated rings. The lowest BCUT2D eigenvalue weighted by atomic mass is 9.92. The van der Waals surface area contributed by atoms with E-state index < -0.39 is 12.5 Å². The van der Waals surface area contributed by atoms with E-state index >= 15 is 0 Å². The monoisotopic (exact) mass is 662 g/mol. The van der Waals surface area contributed by atoms with Crippen molar-refractivity contribution in [3.8, 4) is 11.5 Å². The summed E-state index contributed by atoms with van der Waals surface area (Å²) in [7, 11) is 3.23. The Kier molecular flexibility index (Phi) is 11.4. The highest BCUT2D eigenvalue weighted by atomic mass is 35.6. The number of rotatable bonds is 7. The molecule has 4 aromatic rings. The lowest BCUT2D eigenvalue weighted by molar-refractivity contribution is 0.414. The topological polar surface area (TPSA) is 18.5 Å². The van der Waals surface area contributed by atoms with E-state index in [-0.39, 0.29) is 5.92 Å². The predicted octanol–water partition coefficient (Wildman–Crippen LogP) is 10.9.